The van der Waals surface area contributed by atoms with Crippen LogP contribution >= 0.6 is 0 Å². The molecule has 1 atom stereocenters. The zero-order chi connectivity index (χ0) is 18.1. The highest BCUT2D eigenvalue weighted by Gasteiger charge is 2.16. The molecule has 0 saturated carbocycles. The number of hydrogen-bond donors (Lipinski definition) is 2. The number of benzene rings is 1. The lowest BCUT2D eigenvalue weighted by molar-refractivity contribution is -0.137. The second kappa shape index (κ2) is 9.42. The lowest BCUT2D eigenvalue weighted by Crippen LogP contribution is -2.37. The number of carbonyl (C=O) groups excluding carboxylic acids is 1. The maximum Gasteiger partial charge on any atom is 0.407 e. The fourth-order valence-electron chi connectivity index (χ4n) is 2.43. The van der Waals surface area contributed by atoms with Crippen molar-refractivity contribution in [3.63, 3.8) is 0 Å². The topological polar surface area (TPSA) is 88.5 Å². The number of nitrogens with one attached hydrogen (secondary N) is 1. The Morgan fingerprint density at radius 1 is 1.24 bits per heavy atom. The second-order valence-electron chi connectivity index (χ2n) is 5.84. The minimum Gasteiger partial charge on any atom is -0.481 e. The fourth-order valence-corrected chi connectivity index (χ4v) is 2.43. The Labute approximate surface area is 146 Å². The van der Waals surface area contributed by atoms with Crippen molar-refractivity contribution >= 4 is 12.1 Å². The third-order valence-electron chi connectivity index (χ3n) is 3.86. The summed E-state index contributed by atoms with van der Waals surface area (Å²) < 4.78 is 5.22. The Morgan fingerprint density at radius 2 is 2.00 bits per heavy atom. The van der Waals surface area contributed by atoms with Gasteiger partial charge in [0.1, 0.15) is 6.61 Å². The van der Waals surface area contributed by atoms with Crippen LogP contribution in [0.25, 0.3) is 0 Å². The van der Waals surface area contributed by atoms with Gasteiger partial charge in [0.25, 0.3) is 0 Å². The van der Waals surface area contributed by atoms with Crippen LogP contribution in [0.15, 0.2) is 48.8 Å². The molecule has 1 aromatic heterocycles. The molecule has 1 aromatic carbocycles. The van der Waals surface area contributed by atoms with Crippen molar-refractivity contribution in [2.75, 3.05) is 0 Å². The maximum atomic E-state index is 12.1. The molecule has 2 rings (SSSR count). The fraction of sp³-hybridized carbons (Fsp3) is 0.316. The van der Waals surface area contributed by atoms with E-state index in [2.05, 4.69) is 10.3 Å². The van der Waals surface area contributed by atoms with Crippen molar-refractivity contribution in [3.8, 4) is 0 Å². The first-order chi connectivity index (χ1) is 12.0. The van der Waals surface area contributed by atoms with Crippen molar-refractivity contribution < 1.29 is 19.4 Å². The largest absolute Gasteiger partial charge is 0.481 e. The zero-order valence-corrected chi connectivity index (χ0v) is 14.1. The number of amides is 1. The van der Waals surface area contributed by atoms with Crippen LogP contribution < -0.4 is 5.32 Å². The number of aliphatic carboxylic acids is 1. The van der Waals surface area contributed by atoms with Crippen LogP contribution in [0.5, 0.6) is 0 Å². The SMILES string of the molecule is Cc1ccncc1CC(CCC(=O)O)NC(=O)OCc1ccccc1. The molecule has 6 nitrogen and oxygen atoms in total. The smallest absolute Gasteiger partial charge is 0.407 e. The first-order valence-corrected chi connectivity index (χ1v) is 8.13. The van der Waals surface area contributed by atoms with Crippen LogP contribution in [0.3, 0.4) is 0 Å². The molecule has 0 aliphatic heterocycles. The number of alkyl carbamates (subject to hydrolysis) is 1. The van der Waals surface area contributed by atoms with Gasteiger partial charge in [0.05, 0.1) is 0 Å². The van der Waals surface area contributed by atoms with Gasteiger partial charge in [-0.05, 0) is 42.5 Å². The van der Waals surface area contributed by atoms with E-state index in [1.807, 2.05) is 43.3 Å². The van der Waals surface area contributed by atoms with Crippen LogP contribution in [-0.4, -0.2) is 28.2 Å². The van der Waals surface area contributed by atoms with Crippen LogP contribution in [0.4, 0.5) is 4.79 Å². The van der Waals surface area contributed by atoms with E-state index < -0.39 is 12.1 Å². The van der Waals surface area contributed by atoms with Gasteiger partial charge in [0.15, 0.2) is 0 Å². The molecule has 132 valence electrons. The van der Waals surface area contributed by atoms with E-state index in [0.717, 1.165) is 16.7 Å². The monoisotopic (exact) mass is 342 g/mol. The summed E-state index contributed by atoms with van der Waals surface area (Å²) in [5, 5.41) is 11.7. The van der Waals surface area contributed by atoms with E-state index in [9.17, 15) is 9.59 Å². The summed E-state index contributed by atoms with van der Waals surface area (Å²) in [5.74, 6) is -0.896. The molecule has 0 spiro atoms. The number of rotatable bonds is 8. The number of hydrogen-bond acceptors (Lipinski definition) is 4. The number of nitrogens with zero attached hydrogens (tertiary/aromatic N) is 1. The standard InChI is InChI=1S/C19H22N2O4/c1-14-9-10-20-12-16(14)11-17(7-8-18(22)23)21-19(24)25-13-15-5-3-2-4-6-15/h2-6,9-10,12,17H,7-8,11,13H2,1H3,(H,21,24)(H,22,23). The third-order valence-corrected chi connectivity index (χ3v) is 3.86. The molecular weight excluding hydrogens is 320 g/mol. The van der Waals surface area contributed by atoms with E-state index in [-0.39, 0.29) is 19.1 Å². The minimum absolute atomic E-state index is 0.0249. The average Bonchev–Trinajstić information content (AvgIpc) is 2.60. The number of aryl methyl sites for hydroxylation is 1. The quantitative estimate of drug-likeness (QED) is 0.769. The van der Waals surface area contributed by atoms with Gasteiger partial charge in [-0.3, -0.25) is 9.78 Å². The lowest BCUT2D eigenvalue weighted by Gasteiger charge is -2.19. The van der Waals surface area contributed by atoms with E-state index in [0.29, 0.717) is 12.8 Å². The normalized spacial score (nSPS) is 11.6. The molecule has 2 N–H and O–H groups in total. The molecule has 0 aliphatic rings. The van der Waals surface area contributed by atoms with E-state index in [4.69, 9.17) is 9.84 Å². The molecule has 0 saturated heterocycles. The van der Waals surface area contributed by atoms with Gasteiger partial charge in [-0.2, -0.15) is 0 Å². The van der Waals surface area contributed by atoms with E-state index >= 15 is 0 Å². The second-order valence-corrected chi connectivity index (χ2v) is 5.84. The maximum absolute atomic E-state index is 12.1. The Balaban J connectivity index is 1.93. The van der Waals surface area contributed by atoms with Gasteiger partial charge in [-0.15, -0.1) is 0 Å². The lowest BCUT2D eigenvalue weighted by atomic mass is 10.00. The predicted molar refractivity (Wildman–Crippen MR) is 93.1 cm³/mol. The highest BCUT2D eigenvalue weighted by atomic mass is 16.5. The molecule has 6 heteroatoms. The molecule has 1 amide bonds. The van der Waals surface area contributed by atoms with Crippen molar-refractivity contribution in [1.29, 1.82) is 0 Å². The minimum atomic E-state index is -0.896. The van der Waals surface area contributed by atoms with Crippen molar-refractivity contribution in [2.45, 2.75) is 38.8 Å². The third kappa shape index (κ3) is 6.63. The van der Waals surface area contributed by atoms with Crippen LogP contribution in [0, 0.1) is 6.92 Å². The number of aromatic nitrogens is 1. The summed E-state index contributed by atoms with van der Waals surface area (Å²) in [5.41, 5.74) is 2.92. The Morgan fingerprint density at radius 3 is 2.68 bits per heavy atom. The highest BCUT2D eigenvalue weighted by Crippen LogP contribution is 2.12. The Hall–Kier alpha value is -2.89. The zero-order valence-electron chi connectivity index (χ0n) is 14.1. The molecule has 0 aliphatic carbocycles. The summed E-state index contributed by atoms with van der Waals surface area (Å²) in [6, 6.07) is 10.9. The van der Waals surface area contributed by atoms with E-state index in [1.165, 1.54) is 0 Å². The average molecular weight is 342 g/mol. The summed E-state index contributed by atoms with van der Waals surface area (Å²) in [4.78, 5) is 27.0. The molecule has 1 unspecified atom stereocenters. The molecule has 0 bridgehead atoms. The van der Waals surface area contributed by atoms with Gasteiger partial charge in [-0.1, -0.05) is 30.3 Å². The van der Waals surface area contributed by atoms with Crippen molar-refractivity contribution in [1.82, 2.24) is 10.3 Å². The molecule has 2 aromatic rings. The predicted octanol–water partition coefficient (Wildman–Crippen LogP) is 3.09. The van der Waals surface area contributed by atoms with Crippen LogP contribution in [-0.2, 0) is 22.6 Å². The van der Waals surface area contributed by atoms with Crippen LogP contribution in [0.2, 0.25) is 0 Å². The highest BCUT2D eigenvalue weighted by molar-refractivity contribution is 5.68. The van der Waals surface area contributed by atoms with Gasteiger partial charge >= 0.3 is 12.1 Å². The van der Waals surface area contributed by atoms with Gasteiger partial charge in [-0.25, -0.2) is 4.79 Å². The van der Waals surface area contributed by atoms with Crippen LogP contribution in [0.1, 0.15) is 29.5 Å². The number of carboxylic acid groups (broad SMARTS) is 1. The summed E-state index contributed by atoms with van der Waals surface area (Å²) in [7, 11) is 0. The number of pyridine rings is 1. The van der Waals surface area contributed by atoms with Crippen molar-refractivity contribution in [2.24, 2.45) is 0 Å². The number of ether oxygens (including phenoxy) is 1. The number of carbonyl (C=O) groups is 2. The Bertz CT molecular complexity index is 704. The summed E-state index contributed by atoms with van der Waals surface area (Å²) in [6.07, 6.45) is 3.69. The molecule has 1 heterocycles. The van der Waals surface area contributed by atoms with E-state index in [1.54, 1.807) is 12.4 Å². The summed E-state index contributed by atoms with van der Waals surface area (Å²) in [6.45, 7) is 2.13. The first kappa shape index (κ1) is 18.4. The Kier molecular flexibility index (Phi) is 6.95. The molecular formula is C19H22N2O4. The molecule has 25 heavy (non-hydrogen) atoms. The molecule has 0 radical (unpaired) electrons. The van der Waals surface area contributed by atoms with Gasteiger partial charge < -0.3 is 15.2 Å². The van der Waals surface area contributed by atoms with Gasteiger partial charge in [0, 0.05) is 24.9 Å². The molecule has 0 fully saturated rings. The van der Waals surface area contributed by atoms with Gasteiger partial charge in [0.2, 0.25) is 0 Å². The first-order valence-electron chi connectivity index (χ1n) is 8.13. The summed E-state index contributed by atoms with van der Waals surface area (Å²) >= 11 is 0. The van der Waals surface area contributed by atoms with Crippen molar-refractivity contribution in [3.05, 3.63) is 65.5 Å². The number of carboxylic acids is 1.